The molecule has 6 nitrogen and oxygen atoms in total. The summed E-state index contributed by atoms with van der Waals surface area (Å²) < 4.78 is 26.9. The summed E-state index contributed by atoms with van der Waals surface area (Å²) in [7, 11) is -3.28. The Bertz CT molecular complexity index is 1170. The summed E-state index contributed by atoms with van der Waals surface area (Å²) in [5, 5.41) is 7.36. The van der Waals surface area contributed by atoms with Gasteiger partial charge in [-0.05, 0) is 50.3 Å². The Balaban J connectivity index is 1.38. The van der Waals surface area contributed by atoms with E-state index >= 15 is 0 Å². The molecule has 0 saturated heterocycles. The lowest BCUT2D eigenvalue weighted by Gasteiger charge is -2.28. The minimum absolute atomic E-state index is 0.0380. The second kappa shape index (κ2) is 9.06. The van der Waals surface area contributed by atoms with Crippen molar-refractivity contribution >= 4 is 43.2 Å². The zero-order valence-electron chi connectivity index (χ0n) is 17.7. The molecule has 0 unspecified atom stereocenters. The maximum Gasteiger partial charge on any atom is 0.229 e. The molecular weight excluding hydrogens is 430 g/mol. The number of nitrogens with one attached hydrogen (secondary N) is 2. The molecule has 1 fully saturated rings. The van der Waals surface area contributed by atoms with Crippen LogP contribution in [0.25, 0.3) is 22.0 Å². The molecule has 3 aromatic rings. The number of fused-ring (bicyclic) bond motifs is 1. The summed E-state index contributed by atoms with van der Waals surface area (Å²) in [6.07, 6.45) is 2.67. The Morgan fingerprint density at radius 2 is 1.77 bits per heavy atom. The Hall–Kier alpha value is -2.29. The number of carbonyl (C=O) groups is 1. The number of sulfonamides is 1. The van der Waals surface area contributed by atoms with Crippen molar-refractivity contribution in [2.45, 2.75) is 50.8 Å². The Kier molecular flexibility index (Phi) is 6.41. The highest BCUT2D eigenvalue weighted by Gasteiger charge is 2.29. The molecule has 164 valence electrons. The highest BCUT2D eigenvalue weighted by Crippen LogP contribution is 2.32. The third kappa shape index (κ3) is 4.97. The number of benzene rings is 2. The molecule has 0 radical (unpaired) electrons. The van der Waals surface area contributed by atoms with Crippen molar-refractivity contribution in [3.05, 3.63) is 47.8 Å². The van der Waals surface area contributed by atoms with Crippen LogP contribution >= 0.6 is 11.3 Å². The van der Waals surface area contributed by atoms with Crippen molar-refractivity contribution in [1.82, 2.24) is 9.71 Å². The highest BCUT2D eigenvalue weighted by atomic mass is 32.2. The van der Waals surface area contributed by atoms with Gasteiger partial charge in [0.15, 0.2) is 5.13 Å². The zero-order chi connectivity index (χ0) is 22.0. The fraction of sp³-hybridized carbons (Fsp3) is 0.391. The fourth-order valence-electron chi connectivity index (χ4n) is 3.95. The molecule has 0 aliphatic heterocycles. The fourth-order valence-corrected chi connectivity index (χ4v) is 5.64. The van der Waals surface area contributed by atoms with Gasteiger partial charge < -0.3 is 5.32 Å². The lowest BCUT2D eigenvalue weighted by atomic mass is 9.86. The van der Waals surface area contributed by atoms with Crippen LogP contribution in [0.3, 0.4) is 0 Å². The van der Waals surface area contributed by atoms with Crippen molar-refractivity contribution in [3.8, 4) is 11.3 Å². The van der Waals surface area contributed by atoms with E-state index in [1.54, 1.807) is 13.8 Å². The average Bonchev–Trinajstić information content (AvgIpc) is 3.21. The summed E-state index contributed by atoms with van der Waals surface area (Å²) in [5.74, 6) is -0.159. The normalized spacial score (nSPS) is 19.6. The molecule has 1 aromatic heterocycles. The van der Waals surface area contributed by atoms with E-state index in [1.807, 2.05) is 29.6 Å². The quantitative estimate of drug-likeness (QED) is 0.557. The van der Waals surface area contributed by atoms with E-state index in [0.717, 1.165) is 22.0 Å². The first kappa shape index (κ1) is 21.9. The molecule has 1 saturated carbocycles. The van der Waals surface area contributed by atoms with Crippen LogP contribution in [0.15, 0.2) is 47.8 Å². The smallest absolute Gasteiger partial charge is 0.229 e. The molecule has 1 aliphatic carbocycles. The van der Waals surface area contributed by atoms with E-state index in [2.05, 4.69) is 33.2 Å². The number of amides is 1. The van der Waals surface area contributed by atoms with Crippen LogP contribution in [0.2, 0.25) is 0 Å². The Morgan fingerprint density at radius 3 is 2.52 bits per heavy atom. The molecule has 0 atom stereocenters. The van der Waals surface area contributed by atoms with E-state index in [1.165, 1.54) is 11.3 Å². The maximum atomic E-state index is 12.7. The van der Waals surface area contributed by atoms with Crippen molar-refractivity contribution in [3.63, 3.8) is 0 Å². The van der Waals surface area contributed by atoms with Gasteiger partial charge in [0, 0.05) is 22.9 Å². The minimum atomic E-state index is -3.28. The van der Waals surface area contributed by atoms with Crippen molar-refractivity contribution in [1.29, 1.82) is 0 Å². The topological polar surface area (TPSA) is 88.2 Å². The van der Waals surface area contributed by atoms with Gasteiger partial charge >= 0.3 is 0 Å². The second-order valence-corrected chi connectivity index (χ2v) is 11.4. The predicted molar refractivity (Wildman–Crippen MR) is 127 cm³/mol. The van der Waals surface area contributed by atoms with Crippen LogP contribution < -0.4 is 10.0 Å². The molecule has 31 heavy (non-hydrogen) atoms. The third-order valence-corrected chi connectivity index (χ3v) is 8.51. The number of hydrogen-bond acceptors (Lipinski definition) is 5. The third-order valence-electron chi connectivity index (χ3n) is 5.85. The summed E-state index contributed by atoms with van der Waals surface area (Å²) in [5.41, 5.74) is 1.90. The summed E-state index contributed by atoms with van der Waals surface area (Å²) >= 11 is 1.42. The molecule has 8 heteroatoms. The summed E-state index contributed by atoms with van der Waals surface area (Å²) in [4.78, 5) is 17.4. The number of nitrogens with zero attached hydrogens (tertiary/aromatic N) is 1. The Labute approximate surface area is 187 Å². The van der Waals surface area contributed by atoms with E-state index in [9.17, 15) is 13.2 Å². The molecule has 0 bridgehead atoms. The summed E-state index contributed by atoms with van der Waals surface area (Å²) in [6.45, 7) is 3.34. The molecule has 1 aliphatic rings. The molecular formula is C23H27N3O3S2. The standard InChI is InChI=1S/C23H27N3O3S2/c1-15(2)31(28,29)26-18-12-10-17(11-13-18)22(27)25-23-24-21(14-30-23)20-9-5-7-16-6-3-4-8-19(16)20/h3-9,14-15,17-18,26H,10-13H2,1-2H3,(H,24,25,27). The van der Waals surface area contributed by atoms with Crippen LogP contribution in [0.4, 0.5) is 5.13 Å². The largest absolute Gasteiger partial charge is 0.302 e. The monoisotopic (exact) mass is 457 g/mol. The van der Waals surface area contributed by atoms with Crippen molar-refractivity contribution in [2.24, 2.45) is 5.92 Å². The second-order valence-electron chi connectivity index (χ2n) is 8.31. The van der Waals surface area contributed by atoms with Gasteiger partial charge in [-0.1, -0.05) is 42.5 Å². The number of thiazole rings is 1. The highest BCUT2D eigenvalue weighted by molar-refractivity contribution is 7.90. The molecule has 1 heterocycles. The Morgan fingerprint density at radius 1 is 1.06 bits per heavy atom. The lowest BCUT2D eigenvalue weighted by Crippen LogP contribution is -2.42. The van der Waals surface area contributed by atoms with Crippen LogP contribution in [0.5, 0.6) is 0 Å². The molecule has 2 N–H and O–H groups in total. The lowest BCUT2D eigenvalue weighted by molar-refractivity contribution is -0.120. The van der Waals surface area contributed by atoms with E-state index in [4.69, 9.17) is 0 Å². The van der Waals surface area contributed by atoms with E-state index in [-0.39, 0.29) is 17.9 Å². The predicted octanol–water partition coefficient (Wildman–Crippen LogP) is 4.79. The first-order valence-electron chi connectivity index (χ1n) is 10.6. The summed E-state index contributed by atoms with van der Waals surface area (Å²) in [6, 6.07) is 14.2. The number of hydrogen-bond donors (Lipinski definition) is 2. The molecule has 4 rings (SSSR count). The van der Waals surface area contributed by atoms with Crippen LogP contribution in [-0.4, -0.2) is 30.6 Å². The van der Waals surface area contributed by atoms with Gasteiger partial charge in [-0.3, -0.25) is 4.79 Å². The van der Waals surface area contributed by atoms with Crippen LogP contribution in [0.1, 0.15) is 39.5 Å². The van der Waals surface area contributed by atoms with Crippen molar-refractivity contribution < 1.29 is 13.2 Å². The molecule has 2 aromatic carbocycles. The van der Waals surface area contributed by atoms with Crippen LogP contribution in [0, 0.1) is 5.92 Å². The first-order valence-corrected chi connectivity index (χ1v) is 13.0. The zero-order valence-corrected chi connectivity index (χ0v) is 19.3. The average molecular weight is 458 g/mol. The van der Waals surface area contributed by atoms with Gasteiger partial charge in [-0.2, -0.15) is 0 Å². The maximum absolute atomic E-state index is 12.7. The van der Waals surface area contributed by atoms with Gasteiger partial charge in [0.1, 0.15) is 0 Å². The number of aromatic nitrogens is 1. The van der Waals surface area contributed by atoms with Crippen LogP contribution in [-0.2, 0) is 14.8 Å². The van der Waals surface area contributed by atoms with Gasteiger partial charge in [0.25, 0.3) is 0 Å². The van der Waals surface area contributed by atoms with Crippen molar-refractivity contribution in [2.75, 3.05) is 5.32 Å². The molecule has 1 amide bonds. The van der Waals surface area contributed by atoms with E-state index in [0.29, 0.717) is 30.8 Å². The first-order chi connectivity index (χ1) is 14.8. The van der Waals surface area contributed by atoms with Gasteiger partial charge in [-0.15, -0.1) is 11.3 Å². The molecule has 0 spiro atoms. The SMILES string of the molecule is CC(C)S(=O)(=O)NC1CCC(C(=O)Nc2nc(-c3cccc4ccccc34)cs2)CC1. The number of anilines is 1. The number of carbonyl (C=O) groups excluding carboxylic acids is 1. The van der Waals surface area contributed by atoms with E-state index < -0.39 is 15.3 Å². The number of rotatable bonds is 6. The van der Waals surface area contributed by atoms with Gasteiger partial charge in [-0.25, -0.2) is 18.1 Å². The van der Waals surface area contributed by atoms with Gasteiger partial charge in [0.05, 0.1) is 10.9 Å². The minimum Gasteiger partial charge on any atom is -0.302 e. The van der Waals surface area contributed by atoms with Gasteiger partial charge in [0.2, 0.25) is 15.9 Å².